The van der Waals surface area contributed by atoms with Crippen molar-refractivity contribution in [1.82, 2.24) is 15.5 Å². The Morgan fingerprint density at radius 1 is 1.25 bits per heavy atom. The zero-order valence-electron chi connectivity index (χ0n) is 10.6. The Morgan fingerprint density at radius 2 is 2.05 bits per heavy atom. The second kappa shape index (κ2) is 5.83. The number of nitrogens with zero attached hydrogens (tertiary/aromatic N) is 2. The van der Waals surface area contributed by atoms with Crippen LogP contribution in [0.15, 0.2) is 28.7 Å². The third-order valence-electron chi connectivity index (χ3n) is 2.44. The van der Waals surface area contributed by atoms with E-state index in [2.05, 4.69) is 20.8 Å². The molecule has 8 nitrogen and oxygen atoms in total. The fourth-order valence-corrected chi connectivity index (χ4v) is 1.44. The summed E-state index contributed by atoms with van der Waals surface area (Å²) >= 11 is 0. The van der Waals surface area contributed by atoms with E-state index in [9.17, 15) is 9.59 Å². The Kier molecular flexibility index (Phi) is 3.94. The smallest absolute Gasteiger partial charge is 0.371 e. The number of aromatic nitrogens is 2. The van der Waals surface area contributed by atoms with Gasteiger partial charge in [-0.2, -0.15) is 0 Å². The topological polar surface area (TPSA) is 117 Å². The molecule has 8 heteroatoms. The van der Waals surface area contributed by atoms with Crippen LogP contribution in [0.5, 0.6) is 0 Å². The van der Waals surface area contributed by atoms with Crippen molar-refractivity contribution in [2.24, 2.45) is 0 Å². The van der Waals surface area contributed by atoms with E-state index in [1.54, 1.807) is 12.1 Å². The Balaban J connectivity index is 1.96. The summed E-state index contributed by atoms with van der Waals surface area (Å²) in [6.45, 7) is 0.265. The maximum Gasteiger partial charge on any atom is 0.371 e. The number of carboxylic acid groups (broad SMARTS) is 1. The van der Waals surface area contributed by atoms with E-state index < -0.39 is 5.97 Å². The van der Waals surface area contributed by atoms with E-state index >= 15 is 0 Å². The molecule has 0 aliphatic rings. The van der Waals surface area contributed by atoms with E-state index in [1.807, 2.05) is 0 Å². The van der Waals surface area contributed by atoms with Crippen LogP contribution in [0.2, 0.25) is 0 Å². The number of anilines is 1. The van der Waals surface area contributed by atoms with Crippen LogP contribution in [0.1, 0.15) is 26.8 Å². The number of rotatable bonds is 5. The van der Waals surface area contributed by atoms with Gasteiger partial charge in [0.25, 0.3) is 5.91 Å². The van der Waals surface area contributed by atoms with Gasteiger partial charge in [0, 0.05) is 7.05 Å². The number of hydrogen-bond donors (Lipinski definition) is 3. The number of hydrogen-bond acceptors (Lipinski definition) is 6. The number of carboxylic acids is 1. The van der Waals surface area contributed by atoms with Crippen molar-refractivity contribution in [3.05, 3.63) is 41.5 Å². The maximum atomic E-state index is 11.3. The van der Waals surface area contributed by atoms with E-state index in [0.29, 0.717) is 11.6 Å². The second-order valence-corrected chi connectivity index (χ2v) is 3.81. The molecule has 0 atom stereocenters. The summed E-state index contributed by atoms with van der Waals surface area (Å²) < 4.78 is 5.07. The van der Waals surface area contributed by atoms with Gasteiger partial charge < -0.3 is 20.2 Å². The molecule has 2 aromatic heterocycles. The van der Waals surface area contributed by atoms with Crippen LogP contribution in [-0.2, 0) is 6.54 Å². The lowest BCUT2D eigenvalue weighted by Crippen LogP contribution is -2.19. The summed E-state index contributed by atoms with van der Waals surface area (Å²) in [7, 11) is 1.51. The summed E-state index contributed by atoms with van der Waals surface area (Å²) in [6.07, 6.45) is 0. The number of nitrogens with one attached hydrogen (secondary N) is 2. The third kappa shape index (κ3) is 3.10. The largest absolute Gasteiger partial charge is 0.475 e. The molecule has 0 aliphatic heterocycles. The van der Waals surface area contributed by atoms with Crippen molar-refractivity contribution < 1.29 is 19.1 Å². The summed E-state index contributed by atoms with van der Waals surface area (Å²) in [4.78, 5) is 21.9. The van der Waals surface area contributed by atoms with E-state index in [0.717, 1.165) is 0 Å². The fourth-order valence-electron chi connectivity index (χ4n) is 1.44. The highest BCUT2D eigenvalue weighted by atomic mass is 16.4. The lowest BCUT2D eigenvalue weighted by atomic mass is 10.3. The predicted octanol–water partition coefficient (Wildman–Crippen LogP) is 0.739. The minimum absolute atomic E-state index is 0.122. The summed E-state index contributed by atoms with van der Waals surface area (Å²) in [5.41, 5.74) is 0.212. The molecule has 0 fully saturated rings. The highest BCUT2D eigenvalue weighted by Crippen LogP contribution is 2.10. The molecule has 2 heterocycles. The number of carbonyl (C=O) groups excluding carboxylic acids is 1. The molecule has 3 N–H and O–H groups in total. The monoisotopic (exact) mass is 276 g/mol. The first-order chi connectivity index (χ1) is 9.60. The van der Waals surface area contributed by atoms with E-state index in [1.165, 1.54) is 19.2 Å². The number of aromatic carboxylic acids is 1. The van der Waals surface area contributed by atoms with Crippen molar-refractivity contribution in [1.29, 1.82) is 0 Å². The lowest BCUT2D eigenvalue weighted by molar-refractivity contribution is 0.0660. The van der Waals surface area contributed by atoms with Crippen LogP contribution >= 0.6 is 0 Å². The van der Waals surface area contributed by atoms with E-state index in [-0.39, 0.29) is 23.9 Å². The average Bonchev–Trinajstić information content (AvgIpc) is 2.94. The first-order valence-corrected chi connectivity index (χ1v) is 5.72. The van der Waals surface area contributed by atoms with Gasteiger partial charge in [-0.15, -0.1) is 10.2 Å². The molecule has 0 bridgehead atoms. The van der Waals surface area contributed by atoms with Gasteiger partial charge in [-0.25, -0.2) is 4.79 Å². The van der Waals surface area contributed by atoms with Gasteiger partial charge in [0.2, 0.25) is 5.76 Å². The zero-order valence-corrected chi connectivity index (χ0v) is 10.6. The van der Waals surface area contributed by atoms with Crippen molar-refractivity contribution in [2.45, 2.75) is 6.54 Å². The number of amides is 1. The van der Waals surface area contributed by atoms with Crippen molar-refractivity contribution in [3.63, 3.8) is 0 Å². The molecular formula is C12H12N4O4. The van der Waals surface area contributed by atoms with E-state index in [4.69, 9.17) is 9.52 Å². The molecule has 0 saturated heterocycles. The van der Waals surface area contributed by atoms with Crippen LogP contribution in [0.3, 0.4) is 0 Å². The Morgan fingerprint density at radius 3 is 2.60 bits per heavy atom. The minimum Gasteiger partial charge on any atom is -0.475 e. The van der Waals surface area contributed by atoms with Gasteiger partial charge in [-0.1, -0.05) is 0 Å². The normalized spacial score (nSPS) is 10.1. The van der Waals surface area contributed by atoms with Gasteiger partial charge in [0.15, 0.2) is 5.69 Å². The maximum absolute atomic E-state index is 11.3. The van der Waals surface area contributed by atoms with Gasteiger partial charge in [-0.3, -0.25) is 4.79 Å². The molecule has 0 unspecified atom stereocenters. The molecule has 0 radical (unpaired) electrons. The Labute approximate surface area is 113 Å². The first kappa shape index (κ1) is 13.5. The quantitative estimate of drug-likeness (QED) is 0.737. The molecule has 0 aliphatic carbocycles. The van der Waals surface area contributed by atoms with Crippen LogP contribution in [0.25, 0.3) is 0 Å². The van der Waals surface area contributed by atoms with Crippen LogP contribution in [0, 0.1) is 0 Å². The Bertz CT molecular complexity index is 621. The van der Waals surface area contributed by atoms with Crippen LogP contribution in [0.4, 0.5) is 5.82 Å². The van der Waals surface area contributed by atoms with Crippen LogP contribution in [-0.4, -0.2) is 34.2 Å². The highest BCUT2D eigenvalue weighted by molar-refractivity contribution is 5.91. The molecule has 104 valence electrons. The minimum atomic E-state index is -1.12. The molecule has 20 heavy (non-hydrogen) atoms. The summed E-state index contributed by atoms with van der Waals surface area (Å²) in [6, 6.07) is 6.06. The number of furan rings is 1. The van der Waals surface area contributed by atoms with Crippen molar-refractivity contribution in [2.75, 3.05) is 12.4 Å². The van der Waals surface area contributed by atoms with Gasteiger partial charge >= 0.3 is 5.97 Å². The van der Waals surface area contributed by atoms with Crippen molar-refractivity contribution >= 4 is 17.7 Å². The average molecular weight is 276 g/mol. The molecule has 0 aromatic carbocycles. The first-order valence-electron chi connectivity index (χ1n) is 5.72. The molecule has 2 rings (SSSR count). The molecular weight excluding hydrogens is 264 g/mol. The summed E-state index contributed by atoms with van der Waals surface area (Å²) in [5.74, 6) is -0.652. The molecule has 0 spiro atoms. The standard InChI is InChI=1S/C12H12N4O4/c1-13-11(17)8-3-5-10(16-15-8)14-6-7-2-4-9(20-7)12(18)19/h2-5H,6H2,1H3,(H,13,17)(H,14,16)(H,18,19). The van der Waals surface area contributed by atoms with Gasteiger partial charge in [0.1, 0.15) is 11.6 Å². The van der Waals surface area contributed by atoms with Crippen molar-refractivity contribution in [3.8, 4) is 0 Å². The third-order valence-corrected chi connectivity index (χ3v) is 2.44. The number of carbonyl (C=O) groups is 2. The summed E-state index contributed by atoms with van der Waals surface area (Å²) in [5, 5.41) is 21.6. The van der Waals surface area contributed by atoms with Gasteiger partial charge in [0.05, 0.1) is 6.54 Å². The van der Waals surface area contributed by atoms with Crippen LogP contribution < -0.4 is 10.6 Å². The highest BCUT2D eigenvalue weighted by Gasteiger charge is 2.09. The lowest BCUT2D eigenvalue weighted by Gasteiger charge is -2.03. The predicted molar refractivity (Wildman–Crippen MR) is 68.4 cm³/mol. The molecule has 0 saturated carbocycles. The molecule has 1 amide bonds. The zero-order chi connectivity index (χ0) is 14.5. The molecule has 2 aromatic rings. The second-order valence-electron chi connectivity index (χ2n) is 3.81. The SMILES string of the molecule is CNC(=O)c1ccc(NCc2ccc(C(=O)O)o2)nn1. The Hall–Kier alpha value is -2.90. The van der Waals surface area contributed by atoms with Gasteiger partial charge in [-0.05, 0) is 24.3 Å². The fraction of sp³-hybridized carbons (Fsp3) is 0.167.